The van der Waals surface area contributed by atoms with Crippen LogP contribution in [0.3, 0.4) is 0 Å². The highest BCUT2D eigenvalue weighted by atomic mass is 16.6. The molecule has 1 unspecified atom stereocenters. The first-order valence-corrected chi connectivity index (χ1v) is 6.82. The lowest BCUT2D eigenvalue weighted by Gasteiger charge is -2.35. The van der Waals surface area contributed by atoms with Crippen LogP contribution in [0.1, 0.15) is 32.0 Å². The first kappa shape index (κ1) is 15.3. The molecule has 0 bridgehead atoms. The molecule has 114 valence electrons. The van der Waals surface area contributed by atoms with Gasteiger partial charge < -0.3 is 9.47 Å². The van der Waals surface area contributed by atoms with E-state index in [0.29, 0.717) is 6.42 Å². The summed E-state index contributed by atoms with van der Waals surface area (Å²) in [6, 6.07) is 3.00. The zero-order valence-corrected chi connectivity index (χ0v) is 12.8. The molecule has 1 aromatic rings. The second-order valence-corrected chi connectivity index (χ2v) is 5.96. The second kappa shape index (κ2) is 5.71. The third-order valence-corrected chi connectivity index (χ3v) is 3.19. The van der Waals surface area contributed by atoms with E-state index < -0.39 is 23.7 Å². The summed E-state index contributed by atoms with van der Waals surface area (Å²) < 4.78 is 10.2. The Morgan fingerprint density at radius 1 is 1.38 bits per heavy atom. The van der Waals surface area contributed by atoms with Gasteiger partial charge >= 0.3 is 12.1 Å². The van der Waals surface area contributed by atoms with E-state index in [-0.39, 0.29) is 6.54 Å². The summed E-state index contributed by atoms with van der Waals surface area (Å²) in [5, 5.41) is 0. The lowest BCUT2D eigenvalue weighted by molar-refractivity contribution is -0.147. The van der Waals surface area contributed by atoms with Crippen molar-refractivity contribution in [2.24, 2.45) is 0 Å². The number of methoxy groups -OCH3 is 1. The molecule has 6 heteroatoms. The van der Waals surface area contributed by atoms with Crippen LogP contribution in [-0.4, -0.2) is 40.7 Å². The van der Waals surface area contributed by atoms with Gasteiger partial charge in [0.25, 0.3) is 0 Å². The minimum absolute atomic E-state index is 0.290. The van der Waals surface area contributed by atoms with Crippen molar-refractivity contribution in [2.45, 2.75) is 45.4 Å². The summed E-state index contributed by atoms with van der Waals surface area (Å²) in [6.07, 6.45) is 1.49. The Morgan fingerprint density at radius 3 is 2.71 bits per heavy atom. The lowest BCUT2D eigenvalue weighted by Crippen LogP contribution is -2.50. The smallest absolute Gasteiger partial charge is 0.411 e. The van der Waals surface area contributed by atoms with E-state index in [1.165, 1.54) is 12.0 Å². The summed E-state index contributed by atoms with van der Waals surface area (Å²) in [4.78, 5) is 30.0. The number of pyridine rings is 1. The molecule has 2 rings (SSSR count). The average molecular weight is 292 g/mol. The summed E-state index contributed by atoms with van der Waals surface area (Å²) in [5.74, 6) is -0.461. The summed E-state index contributed by atoms with van der Waals surface area (Å²) in [5.41, 5.74) is 1.11. The summed E-state index contributed by atoms with van der Waals surface area (Å²) >= 11 is 0. The first-order chi connectivity index (χ1) is 9.81. The van der Waals surface area contributed by atoms with Crippen molar-refractivity contribution in [3.63, 3.8) is 0 Å². The monoisotopic (exact) mass is 292 g/mol. The fraction of sp³-hybridized carbons (Fsp3) is 0.533. The van der Waals surface area contributed by atoms with Crippen LogP contribution in [0.4, 0.5) is 4.79 Å². The lowest BCUT2D eigenvalue weighted by atomic mass is 9.99. The van der Waals surface area contributed by atoms with Gasteiger partial charge in [0, 0.05) is 18.3 Å². The molecule has 0 radical (unpaired) electrons. The second-order valence-electron chi connectivity index (χ2n) is 5.96. The maximum Gasteiger partial charge on any atom is 0.411 e. The Morgan fingerprint density at radius 2 is 2.10 bits per heavy atom. The van der Waals surface area contributed by atoms with Gasteiger partial charge in [-0.25, -0.2) is 9.59 Å². The molecule has 1 aliphatic heterocycles. The van der Waals surface area contributed by atoms with Gasteiger partial charge in [-0.2, -0.15) is 0 Å². The number of rotatable bonds is 1. The van der Waals surface area contributed by atoms with Crippen LogP contribution < -0.4 is 0 Å². The van der Waals surface area contributed by atoms with Crippen molar-refractivity contribution in [3.8, 4) is 0 Å². The maximum absolute atomic E-state index is 12.3. The van der Waals surface area contributed by atoms with E-state index in [2.05, 4.69) is 4.98 Å². The molecule has 1 aromatic heterocycles. The number of esters is 1. The predicted octanol–water partition coefficient (Wildman–Crippen LogP) is 1.92. The van der Waals surface area contributed by atoms with E-state index in [9.17, 15) is 9.59 Å². The van der Waals surface area contributed by atoms with E-state index in [1.54, 1.807) is 27.0 Å². The molecule has 1 amide bonds. The molecule has 21 heavy (non-hydrogen) atoms. The molecule has 1 atom stereocenters. The van der Waals surface area contributed by atoms with Gasteiger partial charge in [0.2, 0.25) is 0 Å². The van der Waals surface area contributed by atoms with Crippen molar-refractivity contribution in [1.82, 2.24) is 9.88 Å². The van der Waals surface area contributed by atoms with Crippen LogP contribution in [0.25, 0.3) is 0 Å². The number of carbonyl (C=O) groups is 2. The van der Waals surface area contributed by atoms with Crippen LogP contribution in [0, 0.1) is 0 Å². The highest BCUT2D eigenvalue weighted by Gasteiger charge is 2.38. The molecule has 0 fully saturated rings. The number of hydrogen-bond donors (Lipinski definition) is 0. The molecule has 1 aliphatic rings. The van der Waals surface area contributed by atoms with E-state index in [4.69, 9.17) is 9.47 Å². The Balaban J connectivity index is 2.28. The largest absolute Gasteiger partial charge is 0.467 e. The number of nitrogens with zero attached hydrogens (tertiary/aromatic N) is 2. The van der Waals surface area contributed by atoms with Gasteiger partial charge in [-0.3, -0.25) is 9.88 Å². The zero-order valence-electron chi connectivity index (χ0n) is 12.8. The number of fused-ring (bicyclic) bond motifs is 1. The Bertz CT molecular complexity index is 551. The van der Waals surface area contributed by atoms with Crippen molar-refractivity contribution < 1.29 is 19.1 Å². The number of carbonyl (C=O) groups excluding carboxylic acids is 2. The molecule has 0 aromatic carbocycles. The van der Waals surface area contributed by atoms with E-state index in [0.717, 1.165) is 11.3 Å². The van der Waals surface area contributed by atoms with Crippen molar-refractivity contribution in [1.29, 1.82) is 0 Å². The molecule has 0 N–H and O–H groups in total. The number of amides is 1. The summed E-state index contributed by atoms with van der Waals surface area (Å²) in [6.45, 7) is 5.66. The number of aromatic nitrogens is 1. The normalized spacial score (nSPS) is 17.9. The Kier molecular flexibility index (Phi) is 4.16. The van der Waals surface area contributed by atoms with Crippen LogP contribution >= 0.6 is 0 Å². The highest BCUT2D eigenvalue weighted by Crippen LogP contribution is 2.24. The molecule has 0 spiro atoms. The Hall–Kier alpha value is -2.11. The molecule has 0 saturated heterocycles. The number of ether oxygens (including phenoxy) is 2. The van der Waals surface area contributed by atoms with E-state index >= 15 is 0 Å². The molecular formula is C15H20N2O4. The van der Waals surface area contributed by atoms with Crippen molar-refractivity contribution >= 4 is 12.1 Å². The van der Waals surface area contributed by atoms with Gasteiger partial charge in [-0.05, 0) is 32.4 Å². The minimum atomic E-state index is -0.702. The van der Waals surface area contributed by atoms with E-state index in [1.807, 2.05) is 12.1 Å². The zero-order chi connectivity index (χ0) is 15.6. The van der Waals surface area contributed by atoms with Gasteiger partial charge in [0.1, 0.15) is 11.6 Å². The van der Waals surface area contributed by atoms with Gasteiger partial charge in [0.05, 0.1) is 13.7 Å². The van der Waals surface area contributed by atoms with Crippen LogP contribution in [0.5, 0.6) is 0 Å². The van der Waals surface area contributed by atoms with Gasteiger partial charge in [-0.15, -0.1) is 0 Å². The third-order valence-electron chi connectivity index (χ3n) is 3.19. The maximum atomic E-state index is 12.3. The fourth-order valence-corrected chi connectivity index (χ4v) is 2.25. The summed E-state index contributed by atoms with van der Waals surface area (Å²) in [7, 11) is 1.31. The Labute approximate surface area is 124 Å². The van der Waals surface area contributed by atoms with Crippen molar-refractivity contribution in [3.05, 3.63) is 29.6 Å². The predicted molar refractivity (Wildman–Crippen MR) is 75.5 cm³/mol. The topological polar surface area (TPSA) is 68.7 Å². The SMILES string of the molecule is COC(=O)C1Cc2ncccc2CN1C(=O)OC(C)(C)C. The first-order valence-electron chi connectivity index (χ1n) is 6.82. The van der Waals surface area contributed by atoms with Crippen LogP contribution in [0.15, 0.2) is 18.3 Å². The van der Waals surface area contributed by atoms with Crippen molar-refractivity contribution in [2.75, 3.05) is 7.11 Å². The van der Waals surface area contributed by atoms with Crippen LogP contribution in [0.2, 0.25) is 0 Å². The molecule has 0 aliphatic carbocycles. The van der Waals surface area contributed by atoms with Gasteiger partial charge in [0.15, 0.2) is 0 Å². The minimum Gasteiger partial charge on any atom is -0.467 e. The molecule has 0 saturated carbocycles. The van der Waals surface area contributed by atoms with Gasteiger partial charge in [-0.1, -0.05) is 6.07 Å². The quantitative estimate of drug-likeness (QED) is 0.740. The molecular weight excluding hydrogens is 272 g/mol. The third kappa shape index (κ3) is 3.51. The highest BCUT2D eigenvalue weighted by molar-refractivity contribution is 5.82. The standard InChI is InChI=1S/C15H20N2O4/c1-15(2,3)21-14(19)17-9-10-6-5-7-16-11(10)8-12(17)13(18)20-4/h5-7,12H,8-9H2,1-4H3. The molecule has 6 nitrogen and oxygen atoms in total. The van der Waals surface area contributed by atoms with Crippen LogP contribution in [-0.2, 0) is 27.2 Å². The fourth-order valence-electron chi connectivity index (χ4n) is 2.25. The average Bonchev–Trinajstić information content (AvgIpc) is 2.43. The number of hydrogen-bond acceptors (Lipinski definition) is 5. The molecule has 2 heterocycles.